The zero-order valence-corrected chi connectivity index (χ0v) is 17.4. The number of aromatic hydroxyl groups is 1. The van der Waals surface area contributed by atoms with Crippen LogP contribution < -0.4 is 0 Å². The van der Waals surface area contributed by atoms with Crippen LogP contribution in [-0.4, -0.2) is 48.4 Å². The van der Waals surface area contributed by atoms with Gasteiger partial charge >= 0.3 is 6.18 Å². The number of likely N-dealkylation sites (N-methyl/N-ethyl adjacent to an activating group) is 1. The lowest BCUT2D eigenvalue weighted by Crippen LogP contribution is -2.45. The molecule has 4 heterocycles. The van der Waals surface area contributed by atoms with Crippen LogP contribution in [0.4, 0.5) is 13.2 Å². The molecule has 2 fully saturated rings. The monoisotopic (exact) mass is 431 g/mol. The number of benzene rings is 1. The van der Waals surface area contributed by atoms with Crippen molar-refractivity contribution in [1.82, 2.24) is 24.6 Å². The predicted molar refractivity (Wildman–Crippen MR) is 110 cm³/mol. The van der Waals surface area contributed by atoms with Crippen LogP contribution in [0, 0.1) is 6.92 Å². The van der Waals surface area contributed by atoms with Crippen LogP contribution in [0.2, 0.25) is 0 Å². The van der Waals surface area contributed by atoms with E-state index in [9.17, 15) is 18.3 Å². The maximum atomic E-state index is 12.9. The number of alkyl halides is 3. The maximum absolute atomic E-state index is 12.9. The third-order valence-electron chi connectivity index (χ3n) is 6.96. The molecule has 1 aromatic carbocycles. The van der Waals surface area contributed by atoms with E-state index >= 15 is 0 Å². The minimum atomic E-state index is -4.52. The average molecular weight is 431 g/mol. The third kappa shape index (κ3) is 3.17. The highest BCUT2D eigenvalue weighted by Gasteiger charge is 2.42. The molecule has 5 rings (SSSR count). The number of halogens is 3. The number of imidazole rings is 1. The van der Waals surface area contributed by atoms with Crippen LogP contribution in [-0.2, 0) is 6.18 Å². The average Bonchev–Trinajstić information content (AvgIpc) is 3.28. The minimum Gasteiger partial charge on any atom is -0.507 e. The first-order valence-corrected chi connectivity index (χ1v) is 10.7. The summed E-state index contributed by atoms with van der Waals surface area (Å²) in [4.78, 5) is 7.16. The van der Waals surface area contributed by atoms with E-state index in [0.717, 1.165) is 37.9 Å². The highest BCUT2D eigenvalue weighted by atomic mass is 19.4. The van der Waals surface area contributed by atoms with Crippen molar-refractivity contribution < 1.29 is 18.3 Å². The zero-order chi connectivity index (χ0) is 21.9. The lowest BCUT2D eigenvalue weighted by Gasteiger charge is -2.40. The van der Waals surface area contributed by atoms with Crippen LogP contribution in [0.15, 0.2) is 24.5 Å². The molecule has 0 saturated carbocycles. The Hall–Kier alpha value is -2.68. The number of piperidine rings is 1. The second-order valence-electron chi connectivity index (χ2n) is 8.50. The normalized spacial score (nSPS) is 24.2. The molecule has 164 valence electrons. The van der Waals surface area contributed by atoms with Gasteiger partial charge in [0.2, 0.25) is 0 Å². The zero-order valence-electron chi connectivity index (χ0n) is 17.4. The summed E-state index contributed by atoms with van der Waals surface area (Å²) >= 11 is 0. The van der Waals surface area contributed by atoms with Crippen molar-refractivity contribution in [3.8, 4) is 17.0 Å². The summed E-state index contributed by atoms with van der Waals surface area (Å²) in [7, 11) is 0. The van der Waals surface area contributed by atoms with Crippen molar-refractivity contribution in [1.29, 1.82) is 0 Å². The summed E-state index contributed by atoms with van der Waals surface area (Å²) in [5.74, 6) is -0.478. The molecule has 2 aromatic heterocycles. The van der Waals surface area contributed by atoms with E-state index in [2.05, 4.69) is 31.6 Å². The Morgan fingerprint density at radius 2 is 1.84 bits per heavy atom. The molecule has 3 atom stereocenters. The first kappa shape index (κ1) is 20.2. The quantitative estimate of drug-likeness (QED) is 0.650. The van der Waals surface area contributed by atoms with Gasteiger partial charge in [0.05, 0.1) is 17.9 Å². The van der Waals surface area contributed by atoms with Gasteiger partial charge in [0, 0.05) is 23.2 Å². The van der Waals surface area contributed by atoms with E-state index in [4.69, 9.17) is 0 Å². The summed E-state index contributed by atoms with van der Waals surface area (Å²) in [6.45, 7) is 5.04. The lowest BCUT2D eigenvalue weighted by atomic mass is 9.97. The molecular weight excluding hydrogens is 407 g/mol. The molecule has 31 heavy (non-hydrogen) atoms. The van der Waals surface area contributed by atoms with Crippen LogP contribution >= 0.6 is 0 Å². The van der Waals surface area contributed by atoms with Crippen molar-refractivity contribution in [3.05, 3.63) is 35.7 Å². The Balaban J connectivity index is 1.54. The number of nitrogens with zero attached hydrogens (tertiary/aromatic N) is 5. The molecule has 2 bridgehead atoms. The summed E-state index contributed by atoms with van der Waals surface area (Å²) in [5.41, 5.74) is 1.67. The topological polar surface area (TPSA) is 67.1 Å². The van der Waals surface area contributed by atoms with Gasteiger partial charge in [-0.25, -0.2) is 4.98 Å². The van der Waals surface area contributed by atoms with Crippen LogP contribution in [0.25, 0.3) is 22.4 Å². The number of aromatic nitrogens is 4. The summed E-state index contributed by atoms with van der Waals surface area (Å²) < 4.78 is 40.9. The van der Waals surface area contributed by atoms with Crippen molar-refractivity contribution in [2.45, 2.75) is 63.8 Å². The van der Waals surface area contributed by atoms with Gasteiger partial charge in [0.1, 0.15) is 17.0 Å². The summed E-state index contributed by atoms with van der Waals surface area (Å²) in [6, 6.07) is 4.30. The van der Waals surface area contributed by atoms with Gasteiger partial charge in [-0.05, 0) is 57.4 Å². The molecular formula is C22H24F3N5O. The first-order chi connectivity index (χ1) is 14.8. The number of aryl methyl sites for hydroxylation is 1. The Bertz CT molecular complexity index is 1140. The van der Waals surface area contributed by atoms with E-state index in [0.29, 0.717) is 34.5 Å². The van der Waals surface area contributed by atoms with E-state index in [1.54, 1.807) is 6.33 Å². The van der Waals surface area contributed by atoms with Crippen molar-refractivity contribution >= 4 is 11.2 Å². The Morgan fingerprint density at radius 3 is 2.52 bits per heavy atom. The lowest BCUT2D eigenvalue weighted by molar-refractivity contribution is -0.137. The predicted octanol–water partition coefficient (Wildman–Crippen LogP) is 4.71. The first-order valence-electron chi connectivity index (χ1n) is 10.7. The van der Waals surface area contributed by atoms with Gasteiger partial charge in [-0.1, -0.05) is 6.92 Å². The van der Waals surface area contributed by atoms with Crippen LogP contribution in [0.3, 0.4) is 0 Å². The van der Waals surface area contributed by atoms with Gasteiger partial charge < -0.3 is 9.67 Å². The Morgan fingerprint density at radius 1 is 1.10 bits per heavy atom. The molecule has 0 spiro atoms. The fourth-order valence-electron chi connectivity index (χ4n) is 5.47. The molecule has 2 saturated heterocycles. The van der Waals surface area contributed by atoms with Crippen molar-refractivity contribution in [3.63, 3.8) is 0 Å². The molecule has 1 N–H and O–H groups in total. The van der Waals surface area contributed by atoms with E-state index in [1.807, 2.05) is 6.92 Å². The molecule has 0 unspecified atom stereocenters. The molecule has 2 aliphatic rings. The van der Waals surface area contributed by atoms with Crippen LogP contribution in [0.5, 0.6) is 5.75 Å². The summed E-state index contributed by atoms with van der Waals surface area (Å²) in [6.07, 6.45) is 1.89. The fraction of sp³-hybridized carbons (Fsp3) is 0.500. The minimum absolute atomic E-state index is 0.211. The second kappa shape index (κ2) is 7.19. The SMILES string of the molecule is CCN1[C@@H]2CC[C@H]1[C@@H](n1cnc3c(C)c(-c4ccc(C(F)(F)F)cc4O)nnc31)CC2. The number of hydrogen-bond acceptors (Lipinski definition) is 5. The Labute approximate surface area is 177 Å². The van der Waals surface area contributed by atoms with Gasteiger partial charge in [-0.3, -0.25) is 4.90 Å². The maximum Gasteiger partial charge on any atom is 0.416 e. The van der Waals surface area contributed by atoms with E-state index in [1.165, 1.54) is 12.5 Å². The van der Waals surface area contributed by atoms with E-state index in [-0.39, 0.29) is 11.6 Å². The number of phenols is 1. The second-order valence-corrected chi connectivity index (χ2v) is 8.50. The number of fused-ring (bicyclic) bond motifs is 3. The van der Waals surface area contributed by atoms with Gasteiger partial charge in [-0.2, -0.15) is 13.2 Å². The molecule has 6 nitrogen and oxygen atoms in total. The number of rotatable bonds is 3. The molecule has 9 heteroatoms. The highest BCUT2D eigenvalue weighted by Crippen LogP contribution is 2.43. The largest absolute Gasteiger partial charge is 0.507 e. The third-order valence-corrected chi connectivity index (χ3v) is 6.96. The van der Waals surface area contributed by atoms with Crippen LogP contribution in [0.1, 0.15) is 49.8 Å². The van der Waals surface area contributed by atoms with Crippen molar-refractivity contribution in [2.24, 2.45) is 0 Å². The smallest absolute Gasteiger partial charge is 0.416 e. The number of phenolic OH excluding ortho intramolecular Hbond substituents is 1. The van der Waals surface area contributed by atoms with Crippen molar-refractivity contribution in [2.75, 3.05) is 6.54 Å². The van der Waals surface area contributed by atoms with Gasteiger partial charge in [-0.15, -0.1) is 10.2 Å². The molecule has 2 aliphatic heterocycles. The molecule has 0 radical (unpaired) electrons. The van der Waals surface area contributed by atoms with Gasteiger partial charge in [0.25, 0.3) is 0 Å². The molecule has 3 aromatic rings. The summed E-state index contributed by atoms with van der Waals surface area (Å²) in [5, 5.41) is 18.9. The number of hydrogen-bond donors (Lipinski definition) is 1. The van der Waals surface area contributed by atoms with Gasteiger partial charge in [0.15, 0.2) is 5.65 Å². The highest BCUT2D eigenvalue weighted by molar-refractivity contribution is 5.83. The Kier molecular flexibility index (Phi) is 4.69. The van der Waals surface area contributed by atoms with E-state index < -0.39 is 17.5 Å². The fourth-order valence-corrected chi connectivity index (χ4v) is 5.47. The molecule has 0 aliphatic carbocycles. The standard InChI is InChI=1S/C22H24F3N5O/c1-3-29-14-5-8-16(29)17(9-6-14)30-11-26-20-12(2)19(27-28-21(20)30)15-7-4-13(10-18(15)31)22(23,24)25/h4,7,10-11,14,16-17,31H,3,5-6,8-9H2,1-2H3/t14-,16+,17+/m1/s1. The molecule has 0 amide bonds.